The van der Waals surface area contributed by atoms with Crippen LogP contribution in [0.3, 0.4) is 0 Å². The fourth-order valence-electron chi connectivity index (χ4n) is 5.20. The normalized spacial score (nSPS) is 14.0. The molecule has 0 aliphatic carbocycles. The third kappa shape index (κ3) is 9.79. The van der Waals surface area contributed by atoms with Crippen molar-refractivity contribution >= 4 is 29.1 Å². The molecule has 1 atom stereocenters. The fraction of sp³-hybridized carbons (Fsp3) is 0.417. The number of hydrogen-bond acceptors (Lipinski definition) is 7. The molecule has 0 radical (unpaired) electrons. The highest BCUT2D eigenvalue weighted by Gasteiger charge is 2.21. The van der Waals surface area contributed by atoms with Crippen LogP contribution < -0.4 is 25.4 Å². The molecule has 3 N–H and O–H groups in total. The number of hydrogen-bond donors (Lipinski definition) is 2. The molecule has 10 heteroatoms. The van der Waals surface area contributed by atoms with Crippen molar-refractivity contribution in [2.45, 2.75) is 32.6 Å². The maximum absolute atomic E-state index is 13.4. The molecular formula is C36H47N5O5. The van der Waals surface area contributed by atoms with Gasteiger partial charge in [-0.15, -0.1) is 0 Å². The highest BCUT2D eigenvalue weighted by Crippen LogP contribution is 2.29. The summed E-state index contributed by atoms with van der Waals surface area (Å²) in [6, 6.07) is 21.3. The molecule has 46 heavy (non-hydrogen) atoms. The smallest absolute Gasteiger partial charge is 0.259 e. The van der Waals surface area contributed by atoms with Gasteiger partial charge in [0.25, 0.3) is 11.8 Å². The van der Waals surface area contributed by atoms with Crippen molar-refractivity contribution in [2.75, 3.05) is 70.2 Å². The molecule has 3 aromatic rings. The number of likely N-dealkylation sites (N-methyl/N-ethyl adjacent to an activating group) is 1. The zero-order valence-electron chi connectivity index (χ0n) is 27.2. The summed E-state index contributed by atoms with van der Waals surface area (Å²) in [4.78, 5) is 44.8. The second-order valence-electron chi connectivity index (χ2n) is 11.8. The van der Waals surface area contributed by atoms with E-state index in [4.69, 9.17) is 15.2 Å². The van der Waals surface area contributed by atoms with Gasteiger partial charge in [-0.25, -0.2) is 0 Å². The van der Waals surface area contributed by atoms with Gasteiger partial charge in [-0.05, 0) is 87.3 Å². The van der Waals surface area contributed by atoms with Gasteiger partial charge in [-0.2, -0.15) is 0 Å². The zero-order chi connectivity index (χ0) is 32.9. The van der Waals surface area contributed by atoms with Crippen molar-refractivity contribution in [1.29, 1.82) is 0 Å². The Bertz CT molecular complexity index is 1440. The summed E-state index contributed by atoms with van der Waals surface area (Å²) < 4.78 is 11.9. The predicted octanol–water partition coefficient (Wildman–Crippen LogP) is 4.90. The summed E-state index contributed by atoms with van der Waals surface area (Å²) in [5.41, 5.74) is 7.66. The maximum Gasteiger partial charge on any atom is 0.259 e. The number of carbonyl (C=O) groups excluding carboxylic acids is 3. The molecule has 4 rings (SSSR count). The summed E-state index contributed by atoms with van der Waals surface area (Å²) in [5.74, 6) is 1.17. The van der Waals surface area contributed by atoms with E-state index in [1.54, 1.807) is 54.4 Å². The molecule has 1 heterocycles. The minimum absolute atomic E-state index is 0.205. The van der Waals surface area contributed by atoms with Crippen molar-refractivity contribution in [3.63, 3.8) is 0 Å². The van der Waals surface area contributed by atoms with Gasteiger partial charge in [0.15, 0.2) is 0 Å². The molecule has 10 nitrogen and oxygen atoms in total. The van der Waals surface area contributed by atoms with E-state index in [-0.39, 0.29) is 17.7 Å². The summed E-state index contributed by atoms with van der Waals surface area (Å²) in [7, 11) is 3.80. The lowest BCUT2D eigenvalue weighted by atomic mass is 10.0. The third-order valence-corrected chi connectivity index (χ3v) is 8.23. The number of nitrogens with zero attached hydrogens (tertiary/aromatic N) is 3. The van der Waals surface area contributed by atoms with Crippen LogP contribution in [0.5, 0.6) is 11.5 Å². The van der Waals surface area contributed by atoms with Crippen LogP contribution in [0, 0.1) is 5.92 Å². The van der Waals surface area contributed by atoms with Crippen LogP contribution in [0.4, 0.5) is 11.4 Å². The molecule has 3 aromatic carbocycles. The Morgan fingerprint density at radius 3 is 2.24 bits per heavy atom. The van der Waals surface area contributed by atoms with Crippen LogP contribution in [0.25, 0.3) is 0 Å². The van der Waals surface area contributed by atoms with Gasteiger partial charge in [0.2, 0.25) is 5.91 Å². The fourth-order valence-corrected chi connectivity index (χ4v) is 5.20. The topological polar surface area (TPSA) is 117 Å². The number of rotatable bonds is 15. The van der Waals surface area contributed by atoms with E-state index < -0.39 is 0 Å². The first-order valence-corrected chi connectivity index (χ1v) is 16.1. The molecule has 1 aliphatic rings. The van der Waals surface area contributed by atoms with Gasteiger partial charge < -0.3 is 35.2 Å². The minimum Gasteiger partial charge on any atom is -0.493 e. The number of piperazine rings is 1. The number of ether oxygens (including phenoxy) is 2. The van der Waals surface area contributed by atoms with Gasteiger partial charge >= 0.3 is 0 Å². The highest BCUT2D eigenvalue weighted by atomic mass is 16.5. The Labute approximate surface area is 272 Å². The van der Waals surface area contributed by atoms with E-state index in [1.165, 1.54) is 0 Å². The average molecular weight is 630 g/mol. The summed E-state index contributed by atoms with van der Waals surface area (Å²) in [5, 5.41) is 2.88. The Morgan fingerprint density at radius 1 is 0.870 bits per heavy atom. The molecule has 1 fully saturated rings. The Kier molecular flexibility index (Phi) is 13.0. The lowest BCUT2D eigenvalue weighted by Crippen LogP contribution is -2.47. The van der Waals surface area contributed by atoms with Crippen molar-refractivity contribution in [3.8, 4) is 11.5 Å². The van der Waals surface area contributed by atoms with Crippen molar-refractivity contribution in [1.82, 2.24) is 9.80 Å². The number of nitrogens with one attached hydrogen (secondary N) is 1. The highest BCUT2D eigenvalue weighted by molar-refractivity contribution is 6.08. The van der Waals surface area contributed by atoms with Crippen molar-refractivity contribution < 1.29 is 23.9 Å². The second kappa shape index (κ2) is 17.3. The lowest BCUT2D eigenvalue weighted by molar-refractivity contribution is -0.133. The molecule has 0 aromatic heterocycles. The molecule has 0 saturated carbocycles. The third-order valence-electron chi connectivity index (χ3n) is 8.23. The molecule has 0 bridgehead atoms. The van der Waals surface area contributed by atoms with Crippen LogP contribution in [-0.2, 0) is 4.79 Å². The standard InChI is InChI=1S/C36H47N5O5/c1-27(13-18-34(42)41-23-21-39(2)22-24-41)19-26-46-33-12-7-5-10-31(33)40(3)36(44)28-14-16-29(17-15-28)38-35(43)30-9-4-6-11-32(30)45-25-8-20-37/h4-7,9-12,14-17,27H,8,13,18-26,37H2,1-3H3,(H,38,43). The summed E-state index contributed by atoms with van der Waals surface area (Å²) in [6.07, 6.45) is 2.87. The second-order valence-corrected chi connectivity index (χ2v) is 11.8. The monoisotopic (exact) mass is 629 g/mol. The number of nitrogens with two attached hydrogens (primary N) is 1. The van der Waals surface area contributed by atoms with Crippen LogP contribution in [-0.4, -0.2) is 87.6 Å². The number of anilines is 2. The summed E-state index contributed by atoms with van der Waals surface area (Å²) in [6.45, 7) is 7.03. The first-order valence-electron chi connectivity index (χ1n) is 16.1. The van der Waals surface area contributed by atoms with Crippen molar-refractivity contribution in [2.24, 2.45) is 11.7 Å². The Hall–Kier alpha value is -4.41. The SMILES string of the molecule is CC(CCOc1ccccc1N(C)C(=O)c1ccc(NC(=O)c2ccccc2OCCCN)cc1)CCC(=O)N1CCN(C)CC1. The minimum atomic E-state index is -0.304. The molecule has 1 saturated heterocycles. The maximum atomic E-state index is 13.4. The Morgan fingerprint density at radius 2 is 1.52 bits per heavy atom. The van der Waals surface area contributed by atoms with E-state index in [1.807, 2.05) is 35.2 Å². The molecular weight excluding hydrogens is 582 g/mol. The molecule has 1 unspecified atom stereocenters. The Balaban J connectivity index is 1.28. The zero-order valence-corrected chi connectivity index (χ0v) is 27.2. The largest absolute Gasteiger partial charge is 0.493 e. The molecule has 246 valence electrons. The molecule has 0 spiro atoms. The van der Waals surface area contributed by atoms with E-state index in [2.05, 4.69) is 24.2 Å². The molecule has 1 aliphatic heterocycles. The van der Waals surface area contributed by atoms with Crippen LogP contribution in [0.2, 0.25) is 0 Å². The number of benzene rings is 3. The van der Waals surface area contributed by atoms with E-state index >= 15 is 0 Å². The molecule has 3 amide bonds. The van der Waals surface area contributed by atoms with Gasteiger partial charge in [-0.3, -0.25) is 14.4 Å². The van der Waals surface area contributed by atoms with Crippen LogP contribution in [0.1, 0.15) is 53.3 Å². The van der Waals surface area contributed by atoms with Crippen LogP contribution >= 0.6 is 0 Å². The van der Waals surface area contributed by atoms with E-state index in [9.17, 15) is 14.4 Å². The quantitative estimate of drug-likeness (QED) is 0.230. The summed E-state index contributed by atoms with van der Waals surface area (Å²) >= 11 is 0. The first kappa shape index (κ1) is 34.5. The van der Waals surface area contributed by atoms with Gasteiger partial charge in [-0.1, -0.05) is 31.2 Å². The van der Waals surface area contributed by atoms with Gasteiger partial charge in [0, 0.05) is 50.9 Å². The van der Waals surface area contributed by atoms with Gasteiger partial charge in [0.1, 0.15) is 11.5 Å². The van der Waals surface area contributed by atoms with Crippen molar-refractivity contribution in [3.05, 3.63) is 83.9 Å². The predicted molar refractivity (Wildman–Crippen MR) is 182 cm³/mol. The van der Waals surface area contributed by atoms with Gasteiger partial charge in [0.05, 0.1) is 24.5 Å². The average Bonchev–Trinajstić information content (AvgIpc) is 3.07. The number of amides is 3. The number of carbonyl (C=O) groups is 3. The van der Waals surface area contributed by atoms with E-state index in [0.717, 1.165) is 39.0 Å². The van der Waals surface area contributed by atoms with Crippen LogP contribution in [0.15, 0.2) is 72.8 Å². The number of para-hydroxylation sites is 3. The lowest BCUT2D eigenvalue weighted by Gasteiger charge is -2.32. The van der Waals surface area contributed by atoms with E-state index in [0.29, 0.717) is 72.5 Å². The first-order chi connectivity index (χ1) is 22.3.